The van der Waals surface area contributed by atoms with Crippen molar-refractivity contribution in [1.29, 1.82) is 0 Å². The van der Waals surface area contributed by atoms with Crippen LogP contribution in [0.3, 0.4) is 0 Å². The topological polar surface area (TPSA) is 46.7 Å². The highest BCUT2D eigenvalue weighted by atomic mass is 35.5. The molecule has 1 aliphatic carbocycles. The Morgan fingerprint density at radius 3 is 2.41 bits per heavy atom. The lowest BCUT2D eigenvalue weighted by atomic mass is 9.95. The van der Waals surface area contributed by atoms with Crippen LogP contribution in [-0.2, 0) is 4.74 Å². The first-order chi connectivity index (χ1) is 10.4. The summed E-state index contributed by atoms with van der Waals surface area (Å²) in [6, 6.07) is 10.2. The van der Waals surface area contributed by atoms with E-state index in [0.717, 1.165) is 5.56 Å². The van der Waals surface area contributed by atoms with Crippen LogP contribution in [0.25, 0.3) is 0 Å². The predicted molar refractivity (Wildman–Crippen MR) is 82.9 cm³/mol. The standard InChI is InChI=1S/C17H10Cl2O3/c1-8-2-4-10-11(6-8)15(21)17(14(10)20)16(22-17)9-3-5-12(18)13(19)7-9/h2-7,16H,1H3. The van der Waals surface area contributed by atoms with Gasteiger partial charge in [0, 0.05) is 11.1 Å². The average molecular weight is 333 g/mol. The van der Waals surface area contributed by atoms with E-state index in [2.05, 4.69) is 0 Å². The largest absolute Gasteiger partial charge is 0.344 e. The molecule has 1 aliphatic heterocycles. The van der Waals surface area contributed by atoms with Gasteiger partial charge in [0.2, 0.25) is 17.2 Å². The maximum absolute atomic E-state index is 12.7. The van der Waals surface area contributed by atoms with Gasteiger partial charge >= 0.3 is 0 Å². The molecular formula is C17H10Cl2O3. The van der Waals surface area contributed by atoms with Crippen LogP contribution >= 0.6 is 23.2 Å². The first kappa shape index (κ1) is 13.9. The summed E-state index contributed by atoms with van der Waals surface area (Å²) in [6.07, 6.45) is -0.602. The normalized spacial score (nSPS) is 25.7. The van der Waals surface area contributed by atoms with Crippen molar-refractivity contribution in [3.63, 3.8) is 0 Å². The Labute approximate surface area is 136 Å². The molecule has 1 fully saturated rings. The maximum atomic E-state index is 12.7. The van der Waals surface area contributed by atoms with Gasteiger partial charge in [-0.05, 0) is 30.7 Å². The molecule has 0 N–H and O–H groups in total. The summed E-state index contributed by atoms with van der Waals surface area (Å²) in [5.74, 6) is -0.546. The molecule has 5 heteroatoms. The Morgan fingerprint density at radius 1 is 0.955 bits per heavy atom. The zero-order valence-corrected chi connectivity index (χ0v) is 13.0. The number of carbonyl (C=O) groups is 2. The number of ether oxygens (including phenoxy) is 1. The fourth-order valence-electron chi connectivity index (χ4n) is 3.02. The van der Waals surface area contributed by atoms with Crippen molar-refractivity contribution in [1.82, 2.24) is 0 Å². The third-order valence-electron chi connectivity index (χ3n) is 4.20. The van der Waals surface area contributed by atoms with Crippen molar-refractivity contribution >= 4 is 34.8 Å². The van der Waals surface area contributed by atoms with E-state index in [1.54, 1.807) is 30.3 Å². The Kier molecular flexibility index (Phi) is 2.80. The van der Waals surface area contributed by atoms with E-state index >= 15 is 0 Å². The van der Waals surface area contributed by atoms with Crippen LogP contribution < -0.4 is 0 Å². The van der Waals surface area contributed by atoms with Gasteiger partial charge in [-0.15, -0.1) is 0 Å². The van der Waals surface area contributed by atoms with E-state index in [1.165, 1.54) is 0 Å². The second-order valence-corrected chi connectivity index (χ2v) is 6.43. The molecule has 2 aromatic rings. The second kappa shape index (κ2) is 4.42. The van der Waals surface area contributed by atoms with Gasteiger partial charge in [-0.3, -0.25) is 9.59 Å². The number of benzene rings is 2. The molecule has 0 saturated carbocycles. The molecule has 22 heavy (non-hydrogen) atoms. The van der Waals surface area contributed by atoms with Crippen LogP contribution in [0.4, 0.5) is 0 Å². The molecule has 0 amide bonds. The van der Waals surface area contributed by atoms with Gasteiger partial charge < -0.3 is 4.74 Å². The van der Waals surface area contributed by atoms with Crippen LogP contribution in [0.1, 0.15) is 37.9 Å². The molecule has 1 heterocycles. The molecule has 110 valence electrons. The Balaban J connectivity index is 1.78. The van der Waals surface area contributed by atoms with E-state index in [1.807, 2.05) is 13.0 Å². The molecule has 2 unspecified atom stereocenters. The van der Waals surface area contributed by atoms with Gasteiger partial charge in [0.25, 0.3) is 0 Å². The zero-order valence-electron chi connectivity index (χ0n) is 11.5. The number of halogens is 2. The molecule has 0 radical (unpaired) electrons. The van der Waals surface area contributed by atoms with Crippen molar-refractivity contribution in [3.8, 4) is 0 Å². The van der Waals surface area contributed by atoms with Crippen molar-refractivity contribution in [3.05, 3.63) is 68.7 Å². The molecule has 2 aromatic carbocycles. The van der Waals surface area contributed by atoms with Crippen molar-refractivity contribution in [2.45, 2.75) is 18.6 Å². The molecule has 2 atom stereocenters. The van der Waals surface area contributed by atoms with Crippen LogP contribution in [0.5, 0.6) is 0 Å². The Bertz CT molecular complexity index is 859. The number of Topliss-reactive ketones (excluding diaryl/α,β-unsaturated/α-hetero) is 2. The van der Waals surface area contributed by atoms with E-state index in [9.17, 15) is 9.59 Å². The molecule has 1 spiro atoms. The lowest BCUT2D eigenvalue weighted by molar-refractivity contribution is 0.0785. The van der Waals surface area contributed by atoms with Gasteiger partial charge in [-0.25, -0.2) is 0 Å². The van der Waals surface area contributed by atoms with Gasteiger partial charge in [-0.1, -0.05) is 47.0 Å². The monoisotopic (exact) mass is 332 g/mol. The average Bonchev–Trinajstić information content (AvgIpc) is 3.21. The summed E-state index contributed by atoms with van der Waals surface area (Å²) >= 11 is 11.9. The van der Waals surface area contributed by atoms with Crippen molar-refractivity contribution < 1.29 is 14.3 Å². The SMILES string of the molecule is Cc1ccc2c(c1)C(=O)C1(OC1c1ccc(Cl)c(Cl)c1)C2=O. The van der Waals surface area contributed by atoms with Crippen LogP contribution in [-0.4, -0.2) is 17.2 Å². The van der Waals surface area contributed by atoms with Gasteiger partial charge in [0.15, 0.2) is 0 Å². The third-order valence-corrected chi connectivity index (χ3v) is 4.94. The summed E-state index contributed by atoms with van der Waals surface area (Å²) in [4.78, 5) is 25.3. The molecule has 1 saturated heterocycles. The van der Waals surface area contributed by atoms with E-state index in [0.29, 0.717) is 26.7 Å². The number of rotatable bonds is 1. The third kappa shape index (κ3) is 1.67. The minimum atomic E-state index is -1.41. The zero-order chi connectivity index (χ0) is 15.6. The number of epoxide rings is 1. The molecule has 0 bridgehead atoms. The van der Waals surface area contributed by atoms with Crippen LogP contribution in [0.2, 0.25) is 10.0 Å². The lowest BCUT2D eigenvalue weighted by Crippen LogP contribution is -2.27. The lowest BCUT2D eigenvalue weighted by Gasteiger charge is -2.02. The minimum Gasteiger partial charge on any atom is -0.344 e. The number of fused-ring (bicyclic) bond motifs is 1. The molecule has 2 aliphatic rings. The maximum Gasteiger partial charge on any atom is 0.224 e. The number of carbonyl (C=O) groups excluding carboxylic acids is 2. The van der Waals surface area contributed by atoms with Gasteiger partial charge in [0.05, 0.1) is 10.0 Å². The fraction of sp³-hybridized carbons (Fsp3) is 0.176. The molecule has 3 nitrogen and oxygen atoms in total. The first-order valence-corrected chi connectivity index (χ1v) is 7.54. The highest BCUT2D eigenvalue weighted by molar-refractivity contribution is 6.42. The molecule has 0 aromatic heterocycles. The molecule has 4 rings (SSSR count). The summed E-state index contributed by atoms with van der Waals surface area (Å²) in [5, 5.41) is 0.791. The molecular weight excluding hydrogens is 323 g/mol. The van der Waals surface area contributed by atoms with Crippen LogP contribution in [0, 0.1) is 6.92 Å². The number of aryl methyl sites for hydroxylation is 1. The highest BCUT2D eigenvalue weighted by Crippen LogP contribution is 2.57. The Hall–Kier alpha value is -1.68. The summed E-state index contributed by atoms with van der Waals surface area (Å²) in [7, 11) is 0. The number of hydrogen-bond acceptors (Lipinski definition) is 3. The van der Waals surface area contributed by atoms with Crippen molar-refractivity contribution in [2.24, 2.45) is 0 Å². The minimum absolute atomic E-state index is 0.271. The smallest absolute Gasteiger partial charge is 0.224 e. The summed E-state index contributed by atoms with van der Waals surface area (Å²) < 4.78 is 5.59. The summed E-state index contributed by atoms with van der Waals surface area (Å²) in [5.41, 5.74) is 1.07. The first-order valence-electron chi connectivity index (χ1n) is 6.78. The number of ketones is 2. The van der Waals surface area contributed by atoms with Crippen molar-refractivity contribution in [2.75, 3.05) is 0 Å². The summed E-state index contributed by atoms with van der Waals surface area (Å²) in [6.45, 7) is 1.88. The van der Waals surface area contributed by atoms with Crippen LogP contribution in [0.15, 0.2) is 36.4 Å². The van der Waals surface area contributed by atoms with Gasteiger partial charge in [0.1, 0.15) is 6.10 Å². The van der Waals surface area contributed by atoms with E-state index < -0.39 is 11.7 Å². The predicted octanol–water partition coefficient (Wildman–Crippen LogP) is 4.19. The second-order valence-electron chi connectivity index (χ2n) is 5.61. The number of hydrogen-bond donors (Lipinski definition) is 0. The quantitative estimate of drug-likeness (QED) is 0.581. The van der Waals surface area contributed by atoms with E-state index in [-0.39, 0.29) is 11.6 Å². The Morgan fingerprint density at radius 2 is 1.68 bits per heavy atom. The fourth-order valence-corrected chi connectivity index (χ4v) is 3.33. The van der Waals surface area contributed by atoms with Gasteiger partial charge in [-0.2, -0.15) is 0 Å². The van der Waals surface area contributed by atoms with E-state index in [4.69, 9.17) is 27.9 Å². The highest BCUT2D eigenvalue weighted by Gasteiger charge is 2.72.